The van der Waals surface area contributed by atoms with E-state index in [0.29, 0.717) is 5.89 Å². The van der Waals surface area contributed by atoms with Crippen LogP contribution in [0.3, 0.4) is 0 Å². The molecule has 126 valence electrons. The SMILES string of the molecule is CC(C)(C)c1cc(C(C)(C)C)c2oc(-c3ccccc3Br)nc2c1. The monoisotopic (exact) mass is 385 g/mol. The van der Waals surface area contributed by atoms with Gasteiger partial charge in [0.25, 0.3) is 0 Å². The summed E-state index contributed by atoms with van der Waals surface area (Å²) < 4.78 is 7.21. The molecule has 0 saturated heterocycles. The third-order valence-electron chi connectivity index (χ3n) is 4.27. The van der Waals surface area contributed by atoms with Crippen LogP contribution in [-0.4, -0.2) is 4.98 Å². The van der Waals surface area contributed by atoms with Crippen molar-refractivity contribution in [3.8, 4) is 11.5 Å². The number of hydrogen-bond acceptors (Lipinski definition) is 2. The van der Waals surface area contributed by atoms with Gasteiger partial charge in [-0.25, -0.2) is 4.98 Å². The summed E-state index contributed by atoms with van der Waals surface area (Å²) in [5, 5.41) is 0. The Labute approximate surface area is 152 Å². The smallest absolute Gasteiger partial charge is 0.228 e. The second kappa shape index (κ2) is 5.73. The highest BCUT2D eigenvalue weighted by Crippen LogP contribution is 2.38. The van der Waals surface area contributed by atoms with E-state index >= 15 is 0 Å². The van der Waals surface area contributed by atoms with Crippen LogP contribution >= 0.6 is 15.9 Å². The number of halogens is 1. The van der Waals surface area contributed by atoms with Crippen molar-refractivity contribution in [2.24, 2.45) is 0 Å². The molecule has 0 aliphatic heterocycles. The molecule has 3 heteroatoms. The number of nitrogens with zero attached hydrogens (tertiary/aromatic N) is 1. The van der Waals surface area contributed by atoms with Gasteiger partial charge in [-0.2, -0.15) is 0 Å². The van der Waals surface area contributed by atoms with Crippen LogP contribution in [0.4, 0.5) is 0 Å². The van der Waals surface area contributed by atoms with E-state index in [4.69, 9.17) is 9.40 Å². The maximum Gasteiger partial charge on any atom is 0.228 e. The van der Waals surface area contributed by atoms with Crippen LogP contribution < -0.4 is 0 Å². The zero-order valence-electron chi connectivity index (χ0n) is 15.2. The summed E-state index contributed by atoms with van der Waals surface area (Å²) in [7, 11) is 0. The maximum absolute atomic E-state index is 6.22. The molecular formula is C21H24BrNO. The van der Waals surface area contributed by atoms with E-state index in [1.165, 1.54) is 11.1 Å². The van der Waals surface area contributed by atoms with E-state index in [2.05, 4.69) is 69.6 Å². The summed E-state index contributed by atoms with van der Waals surface area (Å²) in [6.07, 6.45) is 0. The number of rotatable bonds is 1. The van der Waals surface area contributed by atoms with Gasteiger partial charge in [-0.1, -0.05) is 59.7 Å². The highest BCUT2D eigenvalue weighted by atomic mass is 79.9. The Kier molecular flexibility index (Phi) is 4.11. The summed E-state index contributed by atoms with van der Waals surface area (Å²) in [6.45, 7) is 13.3. The Balaban J connectivity index is 2.31. The first-order valence-corrected chi connectivity index (χ1v) is 9.07. The fourth-order valence-corrected chi connectivity index (χ4v) is 3.23. The Morgan fingerprint density at radius 3 is 2.17 bits per heavy atom. The zero-order chi connectivity index (χ0) is 17.7. The van der Waals surface area contributed by atoms with E-state index < -0.39 is 0 Å². The molecule has 2 aromatic carbocycles. The summed E-state index contributed by atoms with van der Waals surface area (Å²) >= 11 is 3.59. The fourth-order valence-electron chi connectivity index (χ4n) is 2.77. The molecule has 0 unspecified atom stereocenters. The molecular weight excluding hydrogens is 362 g/mol. The van der Waals surface area contributed by atoms with E-state index in [-0.39, 0.29) is 10.8 Å². The summed E-state index contributed by atoms with van der Waals surface area (Å²) in [6, 6.07) is 12.5. The molecule has 1 heterocycles. The zero-order valence-corrected chi connectivity index (χ0v) is 16.8. The van der Waals surface area contributed by atoms with Crippen LogP contribution in [0, 0.1) is 0 Å². The molecule has 3 rings (SSSR count). The van der Waals surface area contributed by atoms with Gasteiger partial charge in [0, 0.05) is 10.0 Å². The lowest BCUT2D eigenvalue weighted by Crippen LogP contribution is -2.16. The molecule has 0 spiro atoms. The van der Waals surface area contributed by atoms with Gasteiger partial charge in [0.1, 0.15) is 5.52 Å². The number of benzene rings is 2. The van der Waals surface area contributed by atoms with Gasteiger partial charge in [-0.15, -0.1) is 0 Å². The minimum Gasteiger partial charge on any atom is -0.436 e. The fraction of sp³-hybridized carbons (Fsp3) is 0.381. The normalized spacial score (nSPS) is 12.8. The van der Waals surface area contributed by atoms with Crippen LogP contribution in [0.15, 0.2) is 45.3 Å². The van der Waals surface area contributed by atoms with Gasteiger partial charge in [0.15, 0.2) is 5.58 Å². The molecule has 0 atom stereocenters. The van der Waals surface area contributed by atoms with Gasteiger partial charge in [0.05, 0.1) is 5.56 Å². The predicted molar refractivity (Wildman–Crippen MR) is 105 cm³/mol. The van der Waals surface area contributed by atoms with Crippen molar-refractivity contribution in [2.45, 2.75) is 52.4 Å². The number of hydrogen-bond donors (Lipinski definition) is 0. The van der Waals surface area contributed by atoms with Crippen molar-refractivity contribution < 1.29 is 4.42 Å². The van der Waals surface area contributed by atoms with Crippen LogP contribution in [0.1, 0.15) is 52.7 Å². The molecule has 0 aliphatic carbocycles. The highest BCUT2D eigenvalue weighted by molar-refractivity contribution is 9.10. The second-order valence-corrected chi connectivity index (χ2v) is 9.23. The minimum absolute atomic E-state index is 0.00969. The molecule has 0 N–H and O–H groups in total. The molecule has 0 saturated carbocycles. The first kappa shape index (κ1) is 17.2. The van der Waals surface area contributed by atoms with Crippen molar-refractivity contribution in [3.05, 3.63) is 52.0 Å². The van der Waals surface area contributed by atoms with Crippen molar-refractivity contribution >= 4 is 27.0 Å². The van der Waals surface area contributed by atoms with E-state index in [1.54, 1.807) is 0 Å². The van der Waals surface area contributed by atoms with Gasteiger partial charge < -0.3 is 4.42 Å². The van der Waals surface area contributed by atoms with Crippen molar-refractivity contribution in [1.29, 1.82) is 0 Å². The Morgan fingerprint density at radius 1 is 0.917 bits per heavy atom. The van der Waals surface area contributed by atoms with Gasteiger partial charge in [0.2, 0.25) is 5.89 Å². The highest BCUT2D eigenvalue weighted by Gasteiger charge is 2.25. The number of oxazole rings is 1. The molecule has 0 aliphatic rings. The van der Waals surface area contributed by atoms with Gasteiger partial charge in [-0.05, 0) is 50.5 Å². The third-order valence-corrected chi connectivity index (χ3v) is 4.96. The maximum atomic E-state index is 6.22. The van der Waals surface area contributed by atoms with Crippen molar-refractivity contribution in [2.75, 3.05) is 0 Å². The topological polar surface area (TPSA) is 26.0 Å². The molecule has 1 aromatic heterocycles. The molecule has 24 heavy (non-hydrogen) atoms. The van der Waals surface area contributed by atoms with Crippen LogP contribution in [0.5, 0.6) is 0 Å². The summed E-state index contributed by atoms with van der Waals surface area (Å²) in [5.41, 5.74) is 5.35. The lowest BCUT2D eigenvalue weighted by atomic mass is 9.80. The van der Waals surface area contributed by atoms with E-state index in [9.17, 15) is 0 Å². The van der Waals surface area contributed by atoms with Crippen molar-refractivity contribution in [1.82, 2.24) is 4.98 Å². The summed E-state index contributed by atoms with van der Waals surface area (Å²) in [4.78, 5) is 4.80. The van der Waals surface area contributed by atoms with Crippen molar-refractivity contribution in [3.63, 3.8) is 0 Å². The molecule has 0 fully saturated rings. The van der Waals surface area contributed by atoms with E-state index in [1.807, 2.05) is 24.3 Å². The first-order chi connectivity index (χ1) is 11.1. The van der Waals surface area contributed by atoms with Gasteiger partial charge in [-0.3, -0.25) is 0 Å². The first-order valence-electron chi connectivity index (χ1n) is 8.28. The molecule has 0 radical (unpaired) electrons. The average Bonchev–Trinajstić information content (AvgIpc) is 2.88. The largest absolute Gasteiger partial charge is 0.436 e. The lowest BCUT2D eigenvalue weighted by molar-refractivity contribution is 0.552. The number of fused-ring (bicyclic) bond motifs is 1. The molecule has 0 bridgehead atoms. The Hall–Kier alpha value is -1.61. The van der Waals surface area contributed by atoms with Gasteiger partial charge >= 0.3 is 0 Å². The lowest BCUT2D eigenvalue weighted by Gasteiger charge is -2.24. The molecule has 0 amide bonds. The quantitative estimate of drug-likeness (QED) is 0.457. The van der Waals surface area contributed by atoms with E-state index in [0.717, 1.165) is 21.1 Å². The number of aromatic nitrogens is 1. The average molecular weight is 386 g/mol. The molecule has 3 aromatic rings. The van der Waals surface area contributed by atoms with Crippen LogP contribution in [0.2, 0.25) is 0 Å². The Bertz CT molecular complexity index is 894. The molecule has 2 nitrogen and oxygen atoms in total. The Morgan fingerprint density at radius 2 is 1.58 bits per heavy atom. The van der Waals surface area contributed by atoms with Crippen LogP contribution in [-0.2, 0) is 10.8 Å². The van der Waals surface area contributed by atoms with Crippen LogP contribution in [0.25, 0.3) is 22.6 Å². The second-order valence-electron chi connectivity index (χ2n) is 8.37. The third kappa shape index (κ3) is 3.14. The standard InChI is InChI=1S/C21H24BrNO/c1-20(2,3)13-11-15(21(4,5)6)18-17(12-13)23-19(24-18)14-9-7-8-10-16(14)22/h7-12H,1-6H3. The minimum atomic E-state index is -0.00969. The summed E-state index contributed by atoms with van der Waals surface area (Å²) in [5.74, 6) is 0.661. The predicted octanol–water partition coefficient (Wildman–Crippen LogP) is 6.85.